The van der Waals surface area contributed by atoms with Gasteiger partial charge in [-0.3, -0.25) is 14.2 Å². The predicted octanol–water partition coefficient (Wildman–Crippen LogP) is 1.22. The third-order valence-electron chi connectivity index (χ3n) is 2.65. The molecule has 96 valence electrons. The van der Waals surface area contributed by atoms with Crippen molar-refractivity contribution < 1.29 is 4.79 Å². The van der Waals surface area contributed by atoms with Crippen LogP contribution in [-0.4, -0.2) is 25.5 Å². The molecule has 0 bridgehead atoms. The van der Waals surface area contributed by atoms with Gasteiger partial charge in [-0.1, -0.05) is 11.6 Å². The van der Waals surface area contributed by atoms with E-state index in [-0.39, 0.29) is 5.91 Å². The number of nitrogens with zero attached hydrogens (tertiary/aromatic N) is 4. The van der Waals surface area contributed by atoms with Crippen LogP contribution in [0.3, 0.4) is 0 Å². The standard InChI is InChI=1S/C11H14ClN5O/c1-3-17-7-8(4-15-17)11(18)13-6-10-9(12)5-14-16(10)2/h4-5,7H,3,6H2,1-2H3,(H,13,18). The summed E-state index contributed by atoms with van der Waals surface area (Å²) in [7, 11) is 1.78. The van der Waals surface area contributed by atoms with E-state index in [0.717, 1.165) is 12.2 Å². The van der Waals surface area contributed by atoms with Crippen molar-refractivity contribution in [2.24, 2.45) is 7.05 Å². The van der Waals surface area contributed by atoms with E-state index in [0.29, 0.717) is 17.1 Å². The summed E-state index contributed by atoms with van der Waals surface area (Å²) in [4.78, 5) is 11.9. The number of carbonyl (C=O) groups excluding carboxylic acids is 1. The molecule has 0 aliphatic rings. The van der Waals surface area contributed by atoms with E-state index >= 15 is 0 Å². The molecule has 0 saturated heterocycles. The van der Waals surface area contributed by atoms with Crippen LogP contribution in [0.15, 0.2) is 18.6 Å². The fourth-order valence-corrected chi connectivity index (χ4v) is 1.79. The van der Waals surface area contributed by atoms with Crippen molar-refractivity contribution in [3.8, 4) is 0 Å². The molecule has 2 rings (SSSR count). The third-order valence-corrected chi connectivity index (χ3v) is 2.96. The van der Waals surface area contributed by atoms with Gasteiger partial charge in [0.15, 0.2) is 0 Å². The van der Waals surface area contributed by atoms with E-state index in [1.807, 2.05) is 6.92 Å². The van der Waals surface area contributed by atoms with Crippen molar-refractivity contribution in [3.63, 3.8) is 0 Å². The summed E-state index contributed by atoms with van der Waals surface area (Å²) >= 11 is 5.95. The van der Waals surface area contributed by atoms with Crippen molar-refractivity contribution in [3.05, 3.63) is 34.9 Å². The predicted molar refractivity (Wildman–Crippen MR) is 67.3 cm³/mol. The summed E-state index contributed by atoms with van der Waals surface area (Å²) in [6.45, 7) is 3.04. The summed E-state index contributed by atoms with van der Waals surface area (Å²) in [6.07, 6.45) is 4.81. The van der Waals surface area contributed by atoms with Crippen LogP contribution < -0.4 is 5.32 Å². The van der Waals surface area contributed by atoms with Crippen LogP contribution in [-0.2, 0) is 20.1 Å². The number of hydrogen-bond donors (Lipinski definition) is 1. The molecule has 1 N–H and O–H groups in total. The Morgan fingerprint density at radius 2 is 2.22 bits per heavy atom. The van der Waals surface area contributed by atoms with Crippen LogP contribution in [0.25, 0.3) is 0 Å². The second-order valence-electron chi connectivity index (χ2n) is 3.83. The largest absolute Gasteiger partial charge is 0.346 e. The molecule has 0 aliphatic carbocycles. The van der Waals surface area contributed by atoms with Crippen LogP contribution in [0.1, 0.15) is 23.0 Å². The molecule has 7 heteroatoms. The summed E-state index contributed by atoms with van der Waals surface area (Å²) in [5.41, 5.74) is 1.31. The zero-order valence-corrected chi connectivity index (χ0v) is 11.0. The Hall–Kier alpha value is -1.82. The maximum absolute atomic E-state index is 11.9. The topological polar surface area (TPSA) is 64.7 Å². The molecule has 1 amide bonds. The molecule has 6 nitrogen and oxygen atoms in total. The van der Waals surface area contributed by atoms with E-state index in [1.54, 1.807) is 35.0 Å². The van der Waals surface area contributed by atoms with Gasteiger partial charge >= 0.3 is 0 Å². The molecule has 0 atom stereocenters. The van der Waals surface area contributed by atoms with E-state index < -0.39 is 0 Å². The minimum atomic E-state index is -0.174. The smallest absolute Gasteiger partial charge is 0.254 e. The lowest BCUT2D eigenvalue weighted by Gasteiger charge is -2.04. The normalized spacial score (nSPS) is 10.6. The first kappa shape index (κ1) is 12.6. The molecule has 18 heavy (non-hydrogen) atoms. The average Bonchev–Trinajstić information content (AvgIpc) is 2.95. The molecule has 0 fully saturated rings. The second-order valence-corrected chi connectivity index (χ2v) is 4.24. The Bertz CT molecular complexity index is 540. The van der Waals surface area contributed by atoms with Crippen LogP contribution in [0.2, 0.25) is 5.02 Å². The highest BCUT2D eigenvalue weighted by Crippen LogP contribution is 2.13. The minimum Gasteiger partial charge on any atom is -0.346 e. The monoisotopic (exact) mass is 267 g/mol. The highest BCUT2D eigenvalue weighted by atomic mass is 35.5. The molecular formula is C11H14ClN5O. The molecule has 2 aromatic heterocycles. The van der Waals surface area contributed by atoms with Crippen molar-refractivity contribution in [2.45, 2.75) is 20.0 Å². The molecule has 0 spiro atoms. The number of aromatic nitrogens is 4. The van der Waals surface area contributed by atoms with Crippen molar-refractivity contribution >= 4 is 17.5 Å². The highest BCUT2D eigenvalue weighted by molar-refractivity contribution is 6.31. The molecule has 0 aromatic carbocycles. The first-order valence-electron chi connectivity index (χ1n) is 5.58. The van der Waals surface area contributed by atoms with Gasteiger partial charge in [-0.2, -0.15) is 10.2 Å². The van der Waals surface area contributed by atoms with Crippen molar-refractivity contribution in [2.75, 3.05) is 0 Å². The quantitative estimate of drug-likeness (QED) is 0.906. The zero-order chi connectivity index (χ0) is 13.1. The maximum Gasteiger partial charge on any atom is 0.254 e. The van der Waals surface area contributed by atoms with Crippen LogP contribution in [0.4, 0.5) is 0 Å². The molecule has 0 aliphatic heterocycles. The van der Waals surface area contributed by atoms with E-state index in [1.165, 1.54) is 0 Å². The molecule has 2 heterocycles. The Morgan fingerprint density at radius 3 is 2.78 bits per heavy atom. The Labute approximate surface area is 110 Å². The molecule has 0 saturated carbocycles. The second kappa shape index (κ2) is 5.22. The van der Waals surface area contributed by atoms with Gasteiger partial charge in [-0.15, -0.1) is 0 Å². The SMILES string of the molecule is CCn1cc(C(=O)NCc2c(Cl)cnn2C)cn1. The van der Waals surface area contributed by atoms with Crippen LogP contribution in [0, 0.1) is 0 Å². The van der Waals surface area contributed by atoms with Gasteiger partial charge in [0.2, 0.25) is 0 Å². The van der Waals surface area contributed by atoms with Crippen LogP contribution >= 0.6 is 11.6 Å². The average molecular weight is 268 g/mol. The van der Waals surface area contributed by atoms with E-state index in [4.69, 9.17) is 11.6 Å². The van der Waals surface area contributed by atoms with Gasteiger partial charge in [0, 0.05) is 19.8 Å². The van der Waals surface area contributed by atoms with Gasteiger partial charge in [-0.05, 0) is 6.92 Å². The molecular weight excluding hydrogens is 254 g/mol. The lowest BCUT2D eigenvalue weighted by atomic mass is 10.3. The Kier molecular flexibility index (Phi) is 3.66. The zero-order valence-electron chi connectivity index (χ0n) is 10.2. The summed E-state index contributed by atoms with van der Waals surface area (Å²) < 4.78 is 3.34. The van der Waals surface area contributed by atoms with Gasteiger partial charge in [0.1, 0.15) is 0 Å². The van der Waals surface area contributed by atoms with Crippen LogP contribution in [0.5, 0.6) is 0 Å². The molecule has 0 unspecified atom stereocenters. The summed E-state index contributed by atoms with van der Waals surface area (Å²) in [5.74, 6) is -0.174. The third kappa shape index (κ3) is 2.53. The van der Waals surface area contributed by atoms with Gasteiger partial charge in [-0.25, -0.2) is 0 Å². The lowest BCUT2D eigenvalue weighted by molar-refractivity contribution is 0.0950. The first-order chi connectivity index (χ1) is 8.61. The number of rotatable bonds is 4. The number of aryl methyl sites for hydroxylation is 2. The Morgan fingerprint density at radius 1 is 1.44 bits per heavy atom. The molecule has 0 radical (unpaired) electrons. The van der Waals surface area contributed by atoms with Gasteiger partial charge < -0.3 is 5.32 Å². The number of nitrogens with one attached hydrogen (secondary N) is 1. The van der Waals surface area contributed by atoms with E-state index in [2.05, 4.69) is 15.5 Å². The van der Waals surface area contributed by atoms with E-state index in [9.17, 15) is 4.79 Å². The fraction of sp³-hybridized carbons (Fsp3) is 0.364. The minimum absolute atomic E-state index is 0.174. The number of amides is 1. The molecule has 2 aromatic rings. The summed E-state index contributed by atoms with van der Waals surface area (Å²) in [6, 6.07) is 0. The van der Waals surface area contributed by atoms with Crippen molar-refractivity contribution in [1.29, 1.82) is 0 Å². The summed E-state index contributed by atoms with van der Waals surface area (Å²) in [5, 5.41) is 11.4. The van der Waals surface area contributed by atoms with Crippen molar-refractivity contribution in [1.82, 2.24) is 24.9 Å². The van der Waals surface area contributed by atoms with Gasteiger partial charge in [0.05, 0.1) is 35.2 Å². The maximum atomic E-state index is 11.9. The lowest BCUT2D eigenvalue weighted by Crippen LogP contribution is -2.23. The number of carbonyl (C=O) groups is 1. The first-order valence-corrected chi connectivity index (χ1v) is 5.96. The fourth-order valence-electron chi connectivity index (χ4n) is 1.55. The number of hydrogen-bond acceptors (Lipinski definition) is 3. The van der Waals surface area contributed by atoms with Gasteiger partial charge in [0.25, 0.3) is 5.91 Å². The Balaban J connectivity index is 2.00. The number of halogens is 1. The highest BCUT2D eigenvalue weighted by Gasteiger charge is 2.11.